The van der Waals surface area contributed by atoms with Crippen LogP contribution < -0.4 is 0 Å². The molecule has 182 valence electrons. The predicted molar refractivity (Wildman–Crippen MR) is 109 cm³/mol. The molecule has 4 rings (SSSR count). The van der Waals surface area contributed by atoms with Gasteiger partial charge in [0.25, 0.3) is 0 Å². The van der Waals surface area contributed by atoms with Crippen molar-refractivity contribution in [3.8, 4) is 0 Å². The van der Waals surface area contributed by atoms with Crippen molar-refractivity contribution in [1.29, 1.82) is 0 Å². The van der Waals surface area contributed by atoms with Gasteiger partial charge in [-0.2, -0.15) is 0 Å². The molecule has 0 amide bonds. The molecule has 3 heterocycles. The van der Waals surface area contributed by atoms with Gasteiger partial charge >= 0.3 is 5.97 Å². The molecule has 2 aliphatic heterocycles. The van der Waals surface area contributed by atoms with Crippen LogP contribution in [-0.2, 0) is 25.4 Å². The van der Waals surface area contributed by atoms with Crippen LogP contribution in [0.15, 0.2) is 30.5 Å². The van der Waals surface area contributed by atoms with Crippen molar-refractivity contribution in [3.63, 3.8) is 0 Å². The minimum atomic E-state index is -1.72. The lowest BCUT2D eigenvalue weighted by molar-refractivity contribution is -0.341. The second-order valence-corrected chi connectivity index (χ2v) is 8.23. The van der Waals surface area contributed by atoms with Gasteiger partial charge in [-0.05, 0) is 11.6 Å². The number of hydrogen-bond donors (Lipinski definition) is 7. The Morgan fingerprint density at radius 3 is 2.48 bits per heavy atom. The Hall–Kier alpha value is -2.13. The first kappa shape index (κ1) is 24.0. The third kappa shape index (κ3) is 4.49. The number of hydrogen-bond acceptors (Lipinski definition) is 10. The van der Waals surface area contributed by atoms with E-state index in [1.54, 1.807) is 35.0 Å². The number of rotatable bonds is 6. The van der Waals surface area contributed by atoms with Gasteiger partial charge in [-0.3, -0.25) is 4.79 Å². The predicted octanol–water partition coefficient (Wildman–Crippen LogP) is -2.30. The van der Waals surface area contributed by atoms with Crippen molar-refractivity contribution in [2.45, 2.75) is 61.7 Å². The van der Waals surface area contributed by atoms with Gasteiger partial charge in [0.1, 0.15) is 42.7 Å². The Labute approximate surface area is 187 Å². The summed E-state index contributed by atoms with van der Waals surface area (Å²) in [5, 5.41) is 70.5. The summed E-state index contributed by atoms with van der Waals surface area (Å²) in [6.45, 7) is -0.914. The van der Waals surface area contributed by atoms with E-state index >= 15 is 0 Å². The van der Waals surface area contributed by atoms with E-state index in [0.717, 1.165) is 0 Å². The SMILES string of the molecule is O=C(O)Cc1cn([C@@H]2OC[C@@H](O)[C@@H](O)[C@H]2O[C@@H]2O[C@H](CO)[C@@H](O)[C@H](O)[C@H]2O)c2ccccc12. The smallest absolute Gasteiger partial charge is 0.307 e. The molecule has 2 saturated heterocycles. The Morgan fingerprint density at radius 2 is 1.79 bits per heavy atom. The number of aromatic nitrogens is 1. The van der Waals surface area contributed by atoms with E-state index in [9.17, 15) is 40.5 Å². The lowest BCUT2D eigenvalue weighted by Crippen LogP contribution is -2.62. The fourth-order valence-electron chi connectivity index (χ4n) is 4.29. The lowest BCUT2D eigenvalue weighted by atomic mass is 9.98. The number of aliphatic hydroxyl groups is 6. The first-order valence-electron chi connectivity index (χ1n) is 10.5. The fourth-order valence-corrected chi connectivity index (χ4v) is 4.29. The van der Waals surface area contributed by atoms with E-state index < -0.39 is 67.8 Å². The molecule has 0 bridgehead atoms. The average Bonchev–Trinajstić information content (AvgIpc) is 3.14. The van der Waals surface area contributed by atoms with Crippen molar-refractivity contribution in [2.75, 3.05) is 13.2 Å². The minimum absolute atomic E-state index is 0.249. The van der Waals surface area contributed by atoms with Crippen LogP contribution in [0.2, 0.25) is 0 Å². The third-order valence-corrected chi connectivity index (χ3v) is 6.03. The molecule has 0 saturated carbocycles. The number of nitrogens with zero attached hydrogens (tertiary/aromatic N) is 1. The normalized spacial score (nSPS) is 37.3. The minimum Gasteiger partial charge on any atom is -0.481 e. The van der Waals surface area contributed by atoms with Crippen LogP contribution in [0.4, 0.5) is 0 Å². The molecule has 0 spiro atoms. The molecular formula is C21H27NO11. The number of aliphatic carboxylic acids is 1. The Kier molecular flexibility index (Phi) is 7.00. The average molecular weight is 469 g/mol. The second-order valence-electron chi connectivity index (χ2n) is 8.23. The number of fused-ring (bicyclic) bond motifs is 1. The number of ether oxygens (including phenoxy) is 3. The van der Waals surface area contributed by atoms with Gasteiger partial charge in [-0.25, -0.2) is 0 Å². The van der Waals surface area contributed by atoms with Crippen molar-refractivity contribution in [2.24, 2.45) is 0 Å². The molecule has 12 nitrogen and oxygen atoms in total. The maximum Gasteiger partial charge on any atom is 0.307 e. The van der Waals surface area contributed by atoms with Crippen molar-refractivity contribution in [1.82, 2.24) is 4.57 Å². The molecule has 9 atom stereocenters. The zero-order chi connectivity index (χ0) is 23.9. The Bertz CT molecular complexity index is 978. The molecule has 2 fully saturated rings. The maximum atomic E-state index is 11.3. The van der Waals surface area contributed by atoms with Crippen molar-refractivity contribution >= 4 is 16.9 Å². The number of benzene rings is 1. The van der Waals surface area contributed by atoms with E-state index in [-0.39, 0.29) is 13.0 Å². The number of aliphatic hydroxyl groups excluding tert-OH is 6. The zero-order valence-corrected chi connectivity index (χ0v) is 17.4. The van der Waals surface area contributed by atoms with Gasteiger partial charge in [0.05, 0.1) is 25.2 Å². The van der Waals surface area contributed by atoms with Crippen LogP contribution in [0.5, 0.6) is 0 Å². The molecule has 0 unspecified atom stereocenters. The van der Waals surface area contributed by atoms with E-state index in [1.807, 2.05) is 0 Å². The van der Waals surface area contributed by atoms with E-state index in [1.165, 1.54) is 0 Å². The summed E-state index contributed by atoms with van der Waals surface area (Å²) in [4.78, 5) is 11.3. The molecule has 0 radical (unpaired) electrons. The molecule has 33 heavy (non-hydrogen) atoms. The summed E-state index contributed by atoms with van der Waals surface area (Å²) in [7, 11) is 0. The maximum absolute atomic E-state index is 11.3. The van der Waals surface area contributed by atoms with Gasteiger partial charge in [-0.15, -0.1) is 0 Å². The summed E-state index contributed by atoms with van der Waals surface area (Å²) >= 11 is 0. The van der Waals surface area contributed by atoms with Crippen LogP contribution in [-0.4, -0.2) is 109 Å². The van der Waals surface area contributed by atoms with E-state index in [4.69, 9.17) is 14.2 Å². The molecule has 1 aromatic heterocycles. The summed E-state index contributed by atoms with van der Waals surface area (Å²) in [5.74, 6) is -1.04. The number of carbonyl (C=O) groups is 1. The number of carboxylic acids is 1. The van der Waals surface area contributed by atoms with Crippen LogP contribution >= 0.6 is 0 Å². The third-order valence-electron chi connectivity index (χ3n) is 6.03. The summed E-state index contributed by atoms with van der Waals surface area (Å²) in [6.07, 6.45) is -11.8. The standard InChI is InChI=1S/C21H27NO11/c23-7-13-16(28)17(29)18(30)21(32-13)33-19-15(27)12(24)8-31-20(19)22-6-9(5-14(25)26)10-3-1-2-4-11(10)22/h1-4,6,12-13,15-21,23-24,27-30H,5,7-8H2,(H,25,26)/t12-,13-,15-,16-,17+,18-,19-,20-,21+/m1/s1. The van der Waals surface area contributed by atoms with Crippen LogP contribution in [0.3, 0.4) is 0 Å². The summed E-state index contributed by atoms with van der Waals surface area (Å²) in [6, 6.07) is 6.96. The fraction of sp³-hybridized carbons (Fsp3) is 0.571. The number of para-hydroxylation sites is 1. The van der Waals surface area contributed by atoms with Crippen molar-refractivity contribution in [3.05, 3.63) is 36.0 Å². The largest absolute Gasteiger partial charge is 0.481 e. The Morgan fingerprint density at radius 1 is 1.06 bits per heavy atom. The first-order chi connectivity index (χ1) is 15.7. The molecule has 12 heteroatoms. The highest BCUT2D eigenvalue weighted by molar-refractivity contribution is 5.87. The van der Waals surface area contributed by atoms with E-state index in [0.29, 0.717) is 16.5 Å². The van der Waals surface area contributed by atoms with Gasteiger partial charge in [0, 0.05) is 11.6 Å². The molecule has 0 aliphatic carbocycles. The monoisotopic (exact) mass is 469 g/mol. The molecule has 1 aromatic carbocycles. The van der Waals surface area contributed by atoms with Gasteiger partial charge in [0.2, 0.25) is 0 Å². The second kappa shape index (κ2) is 9.62. The molecule has 7 N–H and O–H groups in total. The number of carboxylic acid groups (broad SMARTS) is 1. The summed E-state index contributed by atoms with van der Waals surface area (Å²) in [5.41, 5.74) is 1.08. The van der Waals surface area contributed by atoms with E-state index in [2.05, 4.69) is 0 Å². The molecule has 2 aliphatic rings. The molecule has 2 aromatic rings. The van der Waals surface area contributed by atoms with Crippen molar-refractivity contribution < 1.29 is 54.8 Å². The highest BCUT2D eigenvalue weighted by Crippen LogP contribution is 2.35. The van der Waals surface area contributed by atoms with Crippen LogP contribution in [0.25, 0.3) is 10.9 Å². The highest BCUT2D eigenvalue weighted by atomic mass is 16.7. The first-order valence-corrected chi connectivity index (χ1v) is 10.5. The molecular weight excluding hydrogens is 442 g/mol. The van der Waals surface area contributed by atoms with Gasteiger partial charge in [0.15, 0.2) is 12.5 Å². The summed E-state index contributed by atoms with van der Waals surface area (Å²) < 4.78 is 18.4. The Balaban J connectivity index is 1.69. The topological polar surface area (TPSA) is 191 Å². The van der Waals surface area contributed by atoms with Gasteiger partial charge < -0.3 is 54.5 Å². The quantitative estimate of drug-likeness (QED) is 0.241. The van der Waals surface area contributed by atoms with Gasteiger partial charge in [-0.1, -0.05) is 18.2 Å². The van der Waals surface area contributed by atoms with Crippen LogP contribution in [0, 0.1) is 0 Å². The lowest BCUT2D eigenvalue weighted by Gasteiger charge is -2.44. The zero-order valence-electron chi connectivity index (χ0n) is 17.4. The highest BCUT2D eigenvalue weighted by Gasteiger charge is 2.49. The van der Waals surface area contributed by atoms with Crippen LogP contribution in [0.1, 0.15) is 11.8 Å².